The minimum absolute atomic E-state index is 0.719. The summed E-state index contributed by atoms with van der Waals surface area (Å²) in [7, 11) is 0. The van der Waals surface area contributed by atoms with Crippen molar-refractivity contribution in [2.24, 2.45) is 11.7 Å². The molecule has 2 aliphatic heterocycles. The van der Waals surface area contributed by atoms with Gasteiger partial charge in [-0.3, -0.25) is 9.58 Å². The summed E-state index contributed by atoms with van der Waals surface area (Å²) >= 11 is 0. The standard InChI is InChI=1S/C15H26N4O/c1-2-19-15-5-8-20-11-13(15)14(17-19)10-18-6-3-12(9-16)4-7-18/h12H,2-11,16H2,1H3. The van der Waals surface area contributed by atoms with E-state index in [0.717, 1.165) is 58.3 Å². The van der Waals surface area contributed by atoms with Gasteiger partial charge in [-0.1, -0.05) is 0 Å². The molecular weight excluding hydrogens is 252 g/mol. The van der Waals surface area contributed by atoms with E-state index in [4.69, 9.17) is 15.6 Å². The second-order valence-electron chi connectivity index (χ2n) is 5.95. The van der Waals surface area contributed by atoms with Crippen LogP contribution in [-0.2, 0) is 30.9 Å². The Kier molecular flexibility index (Phi) is 4.38. The number of likely N-dealkylation sites (tertiary alicyclic amines) is 1. The second-order valence-corrected chi connectivity index (χ2v) is 5.95. The minimum atomic E-state index is 0.719. The molecule has 5 heteroatoms. The van der Waals surface area contributed by atoms with Gasteiger partial charge < -0.3 is 10.5 Å². The van der Waals surface area contributed by atoms with Crippen molar-refractivity contribution in [3.05, 3.63) is 17.0 Å². The van der Waals surface area contributed by atoms with Crippen LogP contribution in [0.15, 0.2) is 0 Å². The smallest absolute Gasteiger partial charge is 0.0822 e. The van der Waals surface area contributed by atoms with Gasteiger partial charge in [-0.2, -0.15) is 5.10 Å². The van der Waals surface area contributed by atoms with Crippen LogP contribution in [0.4, 0.5) is 0 Å². The number of fused-ring (bicyclic) bond motifs is 1. The normalized spacial score (nSPS) is 21.1. The number of aromatic nitrogens is 2. The highest BCUT2D eigenvalue weighted by atomic mass is 16.5. The number of aryl methyl sites for hydroxylation is 1. The van der Waals surface area contributed by atoms with E-state index in [-0.39, 0.29) is 0 Å². The van der Waals surface area contributed by atoms with E-state index >= 15 is 0 Å². The van der Waals surface area contributed by atoms with Crippen molar-refractivity contribution in [2.75, 3.05) is 26.2 Å². The van der Waals surface area contributed by atoms with E-state index in [2.05, 4.69) is 16.5 Å². The van der Waals surface area contributed by atoms with Crippen molar-refractivity contribution < 1.29 is 4.74 Å². The van der Waals surface area contributed by atoms with Gasteiger partial charge in [0.2, 0.25) is 0 Å². The van der Waals surface area contributed by atoms with Crippen molar-refractivity contribution in [3.63, 3.8) is 0 Å². The predicted octanol–water partition coefficient (Wildman–Crippen LogP) is 1.15. The number of rotatable bonds is 4. The summed E-state index contributed by atoms with van der Waals surface area (Å²) in [4.78, 5) is 2.52. The highest BCUT2D eigenvalue weighted by molar-refractivity contribution is 5.27. The number of ether oxygens (including phenoxy) is 1. The lowest BCUT2D eigenvalue weighted by Crippen LogP contribution is -2.36. The second kappa shape index (κ2) is 6.24. The molecule has 1 fully saturated rings. The first-order valence-corrected chi connectivity index (χ1v) is 7.89. The first kappa shape index (κ1) is 14.0. The molecule has 0 atom stereocenters. The van der Waals surface area contributed by atoms with Crippen LogP contribution in [0.3, 0.4) is 0 Å². The Hall–Kier alpha value is -0.910. The molecule has 3 heterocycles. The lowest BCUT2D eigenvalue weighted by atomic mass is 9.97. The summed E-state index contributed by atoms with van der Waals surface area (Å²) in [5.74, 6) is 0.719. The maximum atomic E-state index is 5.76. The zero-order chi connectivity index (χ0) is 13.9. The van der Waals surface area contributed by atoms with Crippen LogP contribution in [-0.4, -0.2) is 40.9 Å². The maximum Gasteiger partial charge on any atom is 0.0822 e. The molecule has 5 nitrogen and oxygen atoms in total. The number of piperidine rings is 1. The zero-order valence-corrected chi connectivity index (χ0v) is 12.5. The fourth-order valence-electron chi connectivity index (χ4n) is 3.36. The summed E-state index contributed by atoms with van der Waals surface area (Å²) in [6.07, 6.45) is 3.46. The number of hydrogen-bond acceptors (Lipinski definition) is 4. The molecule has 0 unspecified atom stereocenters. The first-order chi connectivity index (χ1) is 9.81. The summed E-state index contributed by atoms with van der Waals surface area (Å²) < 4.78 is 7.80. The average molecular weight is 278 g/mol. The molecule has 2 N–H and O–H groups in total. The fraction of sp³-hybridized carbons (Fsp3) is 0.800. The van der Waals surface area contributed by atoms with Crippen LogP contribution >= 0.6 is 0 Å². The zero-order valence-electron chi connectivity index (χ0n) is 12.5. The van der Waals surface area contributed by atoms with Gasteiger partial charge in [0.25, 0.3) is 0 Å². The Morgan fingerprint density at radius 3 is 2.85 bits per heavy atom. The summed E-state index contributed by atoms with van der Waals surface area (Å²) in [5, 5.41) is 4.81. The number of hydrogen-bond donors (Lipinski definition) is 1. The first-order valence-electron chi connectivity index (χ1n) is 7.89. The van der Waals surface area contributed by atoms with Gasteiger partial charge in [0.05, 0.1) is 18.9 Å². The predicted molar refractivity (Wildman–Crippen MR) is 78.3 cm³/mol. The molecule has 0 radical (unpaired) electrons. The van der Waals surface area contributed by atoms with Crippen molar-refractivity contribution in [1.82, 2.24) is 14.7 Å². The van der Waals surface area contributed by atoms with Crippen LogP contribution in [0.5, 0.6) is 0 Å². The van der Waals surface area contributed by atoms with E-state index in [1.165, 1.54) is 29.8 Å². The van der Waals surface area contributed by atoms with Crippen LogP contribution in [0.25, 0.3) is 0 Å². The van der Waals surface area contributed by atoms with Crippen LogP contribution in [0.1, 0.15) is 36.7 Å². The largest absolute Gasteiger partial charge is 0.376 e. The summed E-state index contributed by atoms with van der Waals surface area (Å²) in [6, 6.07) is 0. The number of nitrogens with two attached hydrogens (primary N) is 1. The fourth-order valence-corrected chi connectivity index (χ4v) is 3.36. The van der Waals surface area contributed by atoms with E-state index < -0.39 is 0 Å². The Morgan fingerprint density at radius 2 is 2.15 bits per heavy atom. The Balaban J connectivity index is 1.70. The molecule has 3 rings (SSSR count). The molecule has 112 valence electrons. The Bertz CT molecular complexity index is 449. The topological polar surface area (TPSA) is 56.3 Å². The lowest BCUT2D eigenvalue weighted by molar-refractivity contribution is 0.107. The highest BCUT2D eigenvalue weighted by Crippen LogP contribution is 2.24. The third-order valence-electron chi connectivity index (χ3n) is 4.69. The van der Waals surface area contributed by atoms with Crippen molar-refractivity contribution >= 4 is 0 Å². The van der Waals surface area contributed by atoms with E-state index in [1.54, 1.807) is 0 Å². The molecule has 0 aromatic carbocycles. The van der Waals surface area contributed by atoms with Gasteiger partial charge in [0.1, 0.15) is 0 Å². The van der Waals surface area contributed by atoms with Gasteiger partial charge in [0.15, 0.2) is 0 Å². The third-order valence-corrected chi connectivity index (χ3v) is 4.69. The van der Waals surface area contributed by atoms with Gasteiger partial charge in [-0.25, -0.2) is 0 Å². The quantitative estimate of drug-likeness (QED) is 0.897. The van der Waals surface area contributed by atoms with Crippen LogP contribution < -0.4 is 5.73 Å². The van der Waals surface area contributed by atoms with Gasteiger partial charge >= 0.3 is 0 Å². The molecular formula is C15H26N4O. The average Bonchev–Trinajstić information content (AvgIpc) is 2.86. The molecule has 1 aromatic heterocycles. The highest BCUT2D eigenvalue weighted by Gasteiger charge is 2.24. The third kappa shape index (κ3) is 2.75. The Morgan fingerprint density at radius 1 is 1.35 bits per heavy atom. The molecule has 1 saturated heterocycles. The molecule has 0 amide bonds. The van der Waals surface area contributed by atoms with Crippen LogP contribution in [0.2, 0.25) is 0 Å². The minimum Gasteiger partial charge on any atom is -0.376 e. The van der Waals surface area contributed by atoms with E-state index in [0.29, 0.717) is 0 Å². The monoisotopic (exact) mass is 278 g/mol. The summed E-state index contributed by atoms with van der Waals surface area (Å²) in [6.45, 7) is 8.80. The van der Waals surface area contributed by atoms with Crippen molar-refractivity contribution in [2.45, 2.75) is 45.9 Å². The summed E-state index contributed by atoms with van der Waals surface area (Å²) in [5.41, 5.74) is 9.73. The van der Waals surface area contributed by atoms with E-state index in [9.17, 15) is 0 Å². The van der Waals surface area contributed by atoms with Gasteiger partial charge in [-0.05, 0) is 45.3 Å². The molecule has 20 heavy (non-hydrogen) atoms. The maximum absolute atomic E-state index is 5.76. The lowest BCUT2D eigenvalue weighted by Gasteiger charge is -2.31. The molecule has 1 aromatic rings. The molecule has 2 aliphatic rings. The van der Waals surface area contributed by atoms with Gasteiger partial charge in [-0.15, -0.1) is 0 Å². The van der Waals surface area contributed by atoms with Crippen molar-refractivity contribution in [3.8, 4) is 0 Å². The van der Waals surface area contributed by atoms with E-state index in [1.807, 2.05) is 0 Å². The SMILES string of the molecule is CCn1nc(CN2CCC(CN)CC2)c2c1CCOC2. The van der Waals surface area contributed by atoms with Crippen molar-refractivity contribution in [1.29, 1.82) is 0 Å². The Labute approximate surface area is 121 Å². The van der Waals surface area contributed by atoms with Crippen LogP contribution in [0, 0.1) is 5.92 Å². The molecule has 0 aliphatic carbocycles. The molecule has 0 saturated carbocycles. The number of nitrogens with zero attached hydrogens (tertiary/aromatic N) is 3. The molecule has 0 bridgehead atoms. The van der Waals surface area contributed by atoms with Gasteiger partial charge in [0, 0.05) is 30.8 Å². The molecule has 0 spiro atoms.